The van der Waals surface area contributed by atoms with Crippen molar-refractivity contribution in [3.8, 4) is 0 Å². The highest BCUT2D eigenvalue weighted by molar-refractivity contribution is 8.00. The molecule has 11 heteroatoms. The topological polar surface area (TPSA) is 148 Å². The molecule has 5 N–H and O–H groups in total. The van der Waals surface area contributed by atoms with Gasteiger partial charge in [0, 0.05) is 31.2 Å². The Morgan fingerprint density at radius 3 is 1.67 bits per heavy atom. The van der Waals surface area contributed by atoms with Crippen LogP contribution < -0.4 is 16.0 Å². The maximum absolute atomic E-state index is 12.9. The molecule has 46 heavy (non-hydrogen) atoms. The van der Waals surface area contributed by atoms with Gasteiger partial charge in [-0.15, -0.1) is 11.8 Å². The molecule has 3 atom stereocenters. The molecule has 1 aliphatic rings. The fraction of sp³-hybridized carbons (Fsp3) is 0.886. The second kappa shape index (κ2) is 28.2. The van der Waals surface area contributed by atoms with E-state index >= 15 is 0 Å². The lowest BCUT2D eigenvalue weighted by Gasteiger charge is -2.34. The number of aliphatic hydroxyl groups is 1. The number of amides is 3. The number of rotatable bonds is 32. The quantitative estimate of drug-likeness (QED) is 0.0300. The number of nitrogens with one attached hydrogen (secondary N) is 3. The van der Waals surface area contributed by atoms with E-state index in [1.807, 2.05) is 0 Å². The third-order valence-corrected chi connectivity index (χ3v) is 10.1. The standard InChI is InChI=1S/C35H66N4O6S/c1-3-5-7-9-11-13-15-17-19-21-32(42)36-25-29(37-33(43)22-20-18-16-14-12-10-8-6-4-2)27-46-34(31(26-40)38-35(44)45)39(28-41)30-23-24-30/h26,29-31,34,38,41H,3-25,27-28H2,1-2H3,(H,36,42)(H,37,43)(H,44,45)/t29-,31?,34+/m0/s1. The summed E-state index contributed by atoms with van der Waals surface area (Å²) in [5.74, 6) is 0.229. The molecule has 0 aromatic heterocycles. The SMILES string of the molecule is CCCCCCCCCCCC(=O)NC[C@@H](CS[C@H](C(C=O)NC(=O)O)N(CO)C1CC1)NC(=O)CCCCCCCCCCC. The zero-order valence-corrected chi connectivity index (χ0v) is 29.8. The lowest BCUT2D eigenvalue weighted by Crippen LogP contribution is -2.53. The maximum atomic E-state index is 12.9. The van der Waals surface area contributed by atoms with E-state index in [9.17, 15) is 29.4 Å². The van der Waals surface area contributed by atoms with Crippen LogP contribution >= 0.6 is 11.8 Å². The molecular weight excluding hydrogens is 604 g/mol. The summed E-state index contributed by atoms with van der Waals surface area (Å²) in [6.45, 7) is 4.38. The molecule has 0 aromatic rings. The predicted molar refractivity (Wildman–Crippen MR) is 188 cm³/mol. The minimum atomic E-state index is -1.31. The molecule has 0 aromatic carbocycles. The smallest absolute Gasteiger partial charge is 0.405 e. The van der Waals surface area contributed by atoms with Gasteiger partial charge in [0.25, 0.3) is 0 Å². The number of aliphatic hydroxyl groups excluding tert-OH is 1. The van der Waals surface area contributed by atoms with Crippen LogP contribution in [0.4, 0.5) is 4.79 Å². The molecule has 1 saturated carbocycles. The van der Waals surface area contributed by atoms with Gasteiger partial charge in [0.2, 0.25) is 11.8 Å². The van der Waals surface area contributed by atoms with Crippen molar-refractivity contribution in [2.24, 2.45) is 0 Å². The fourth-order valence-electron chi connectivity index (χ4n) is 5.71. The van der Waals surface area contributed by atoms with Gasteiger partial charge < -0.3 is 31.0 Å². The van der Waals surface area contributed by atoms with Gasteiger partial charge in [-0.3, -0.25) is 14.5 Å². The van der Waals surface area contributed by atoms with E-state index in [1.54, 1.807) is 4.90 Å². The van der Waals surface area contributed by atoms with E-state index < -0.39 is 23.6 Å². The molecule has 268 valence electrons. The maximum Gasteiger partial charge on any atom is 0.405 e. The second-order valence-corrected chi connectivity index (χ2v) is 14.1. The zero-order valence-electron chi connectivity index (χ0n) is 28.9. The second-order valence-electron chi connectivity index (χ2n) is 12.9. The Labute approximate surface area is 283 Å². The minimum absolute atomic E-state index is 0.0454. The number of unbranched alkanes of at least 4 members (excludes halogenated alkanes) is 16. The molecular formula is C35H66N4O6S. The highest BCUT2D eigenvalue weighted by Crippen LogP contribution is 2.33. The van der Waals surface area contributed by atoms with Crippen LogP contribution in [0.25, 0.3) is 0 Å². The third kappa shape index (κ3) is 21.9. The van der Waals surface area contributed by atoms with E-state index in [1.165, 1.54) is 88.8 Å². The average Bonchev–Trinajstić information content (AvgIpc) is 3.88. The molecule has 1 fully saturated rings. The van der Waals surface area contributed by atoms with Gasteiger partial charge in [-0.1, -0.05) is 117 Å². The third-order valence-electron chi connectivity index (χ3n) is 8.64. The van der Waals surface area contributed by atoms with Gasteiger partial charge in [0.15, 0.2) is 0 Å². The van der Waals surface area contributed by atoms with E-state index in [2.05, 4.69) is 29.8 Å². The predicted octanol–water partition coefficient (Wildman–Crippen LogP) is 6.74. The van der Waals surface area contributed by atoms with Gasteiger partial charge in [-0.05, 0) is 25.7 Å². The van der Waals surface area contributed by atoms with Crippen molar-refractivity contribution in [1.29, 1.82) is 0 Å². The van der Waals surface area contributed by atoms with Crippen LogP contribution in [0.15, 0.2) is 0 Å². The van der Waals surface area contributed by atoms with Gasteiger partial charge in [-0.25, -0.2) is 4.79 Å². The summed E-state index contributed by atoms with van der Waals surface area (Å²) < 4.78 is 0. The molecule has 10 nitrogen and oxygen atoms in total. The first-order valence-corrected chi connectivity index (χ1v) is 19.4. The Morgan fingerprint density at radius 1 is 0.761 bits per heavy atom. The largest absolute Gasteiger partial charge is 0.465 e. The Kier molecular flexibility index (Phi) is 25.8. The van der Waals surface area contributed by atoms with Gasteiger partial charge >= 0.3 is 6.09 Å². The first kappa shape index (κ1) is 42.2. The summed E-state index contributed by atoms with van der Waals surface area (Å²) >= 11 is 1.32. The lowest BCUT2D eigenvalue weighted by molar-refractivity contribution is -0.123. The van der Waals surface area contributed by atoms with Crippen molar-refractivity contribution >= 4 is 36.0 Å². The van der Waals surface area contributed by atoms with Crippen LogP contribution in [0, 0.1) is 0 Å². The summed E-state index contributed by atoms with van der Waals surface area (Å²) in [7, 11) is 0. The molecule has 1 rings (SSSR count). The first-order valence-electron chi connectivity index (χ1n) is 18.3. The molecule has 0 heterocycles. The summed E-state index contributed by atoms with van der Waals surface area (Å²) in [5, 5.41) is 27.1. The van der Waals surface area contributed by atoms with Crippen molar-refractivity contribution in [3.05, 3.63) is 0 Å². The Morgan fingerprint density at radius 2 is 1.24 bits per heavy atom. The number of hydrogen-bond acceptors (Lipinski definition) is 7. The monoisotopic (exact) mass is 670 g/mol. The van der Waals surface area contributed by atoms with Crippen molar-refractivity contribution in [3.63, 3.8) is 0 Å². The van der Waals surface area contributed by atoms with Gasteiger partial charge in [-0.2, -0.15) is 0 Å². The number of hydrogen-bond donors (Lipinski definition) is 5. The molecule has 0 bridgehead atoms. The van der Waals surface area contributed by atoms with Crippen molar-refractivity contribution in [1.82, 2.24) is 20.9 Å². The summed E-state index contributed by atoms with van der Waals surface area (Å²) in [6, 6.07) is -1.37. The van der Waals surface area contributed by atoms with E-state index in [-0.39, 0.29) is 31.1 Å². The highest BCUT2D eigenvalue weighted by atomic mass is 32.2. The molecule has 1 unspecified atom stereocenters. The van der Waals surface area contributed by atoms with Crippen molar-refractivity contribution in [2.75, 3.05) is 19.0 Å². The number of carbonyl (C=O) groups excluding carboxylic acids is 3. The van der Waals surface area contributed by atoms with E-state index in [0.29, 0.717) is 24.9 Å². The van der Waals surface area contributed by atoms with Crippen LogP contribution in [0.5, 0.6) is 0 Å². The molecule has 0 radical (unpaired) electrons. The van der Waals surface area contributed by atoms with Crippen molar-refractivity contribution < 1.29 is 29.4 Å². The van der Waals surface area contributed by atoms with Crippen LogP contribution in [-0.2, 0) is 14.4 Å². The average molecular weight is 671 g/mol. The Hall–Kier alpha value is -1.85. The molecule has 0 spiro atoms. The van der Waals surface area contributed by atoms with Gasteiger partial charge in [0.1, 0.15) is 12.3 Å². The summed E-state index contributed by atoms with van der Waals surface area (Å²) in [6.07, 6.45) is 22.9. The molecule has 0 saturated heterocycles. The summed E-state index contributed by atoms with van der Waals surface area (Å²) in [5.41, 5.74) is 0. The number of nitrogens with zero attached hydrogens (tertiary/aromatic N) is 1. The van der Waals surface area contributed by atoms with E-state index in [0.717, 1.165) is 51.4 Å². The minimum Gasteiger partial charge on any atom is -0.465 e. The number of aldehydes is 1. The van der Waals surface area contributed by atoms with Crippen LogP contribution in [-0.4, -0.2) is 81.8 Å². The normalized spacial score (nSPS) is 14.9. The molecule has 1 aliphatic carbocycles. The van der Waals surface area contributed by atoms with Crippen molar-refractivity contribution in [2.45, 2.75) is 179 Å². The first-order chi connectivity index (χ1) is 22.4. The van der Waals surface area contributed by atoms with Crippen LogP contribution in [0.2, 0.25) is 0 Å². The number of thioether (sulfide) groups is 1. The van der Waals surface area contributed by atoms with E-state index in [4.69, 9.17) is 0 Å². The molecule has 3 amide bonds. The molecule has 0 aliphatic heterocycles. The lowest BCUT2D eigenvalue weighted by atomic mass is 10.1. The van der Waals surface area contributed by atoms with Crippen LogP contribution in [0.3, 0.4) is 0 Å². The Balaban J connectivity index is 2.63. The zero-order chi connectivity index (χ0) is 33.8. The number of carboxylic acid groups (broad SMARTS) is 1. The highest BCUT2D eigenvalue weighted by Gasteiger charge is 2.38. The fourth-order valence-corrected chi connectivity index (χ4v) is 7.12. The van der Waals surface area contributed by atoms with Gasteiger partial charge in [0.05, 0.1) is 18.1 Å². The Bertz CT molecular complexity index is 816. The summed E-state index contributed by atoms with van der Waals surface area (Å²) in [4.78, 5) is 50.6. The number of carbonyl (C=O) groups is 4. The van der Waals surface area contributed by atoms with Crippen LogP contribution in [0.1, 0.15) is 155 Å².